The highest BCUT2D eigenvalue weighted by molar-refractivity contribution is 7.88. The number of nitrogens with zero attached hydrogens (tertiary/aromatic N) is 2. The van der Waals surface area contributed by atoms with Gasteiger partial charge in [-0.05, 0) is 43.7 Å². The number of likely N-dealkylation sites (tertiary alicyclic amines) is 2. The van der Waals surface area contributed by atoms with Gasteiger partial charge < -0.3 is 10.2 Å². The maximum Gasteiger partial charge on any atom is 0.317 e. The molecule has 2 atom stereocenters. The molecule has 1 aromatic rings. The van der Waals surface area contributed by atoms with Crippen LogP contribution < -0.4 is 10.0 Å². The van der Waals surface area contributed by atoms with E-state index in [2.05, 4.69) is 32.5 Å². The van der Waals surface area contributed by atoms with Crippen LogP contribution in [0.3, 0.4) is 0 Å². The van der Waals surface area contributed by atoms with Crippen molar-refractivity contribution >= 4 is 27.4 Å². The Labute approximate surface area is 177 Å². The summed E-state index contributed by atoms with van der Waals surface area (Å²) in [4.78, 5) is 18.5. The number of rotatable bonds is 5. The number of amides is 2. The number of sulfonamides is 1. The lowest BCUT2D eigenvalue weighted by Gasteiger charge is -2.46. The normalized spacial score (nSPS) is 29.0. The van der Waals surface area contributed by atoms with Crippen LogP contribution in [0.4, 0.5) is 4.79 Å². The summed E-state index contributed by atoms with van der Waals surface area (Å²) in [6.07, 6.45) is 7.31. The molecule has 2 saturated heterocycles. The Bertz CT molecular complexity index is 808. The highest BCUT2D eigenvalue weighted by Crippen LogP contribution is 2.40. The third-order valence-electron chi connectivity index (χ3n) is 6.68. The molecule has 2 amide bonds. The van der Waals surface area contributed by atoms with Crippen molar-refractivity contribution in [3.8, 4) is 0 Å². The zero-order valence-corrected chi connectivity index (χ0v) is 18.7. The fraction of sp³-hybridized carbons (Fsp3) is 0.750. The Morgan fingerprint density at radius 1 is 1.24 bits per heavy atom. The molecule has 3 heterocycles. The first-order valence-electron chi connectivity index (χ1n) is 10.6. The molecule has 0 bridgehead atoms. The Kier molecular flexibility index (Phi) is 6.20. The van der Waals surface area contributed by atoms with E-state index in [0.717, 1.165) is 38.9 Å². The van der Waals surface area contributed by atoms with E-state index in [1.165, 1.54) is 24.0 Å². The molecule has 3 aliphatic rings. The highest BCUT2D eigenvalue weighted by atomic mass is 32.2. The molecule has 0 unspecified atom stereocenters. The van der Waals surface area contributed by atoms with Crippen molar-refractivity contribution in [3.05, 3.63) is 22.4 Å². The second kappa shape index (κ2) is 8.53. The summed E-state index contributed by atoms with van der Waals surface area (Å²) < 4.78 is 26.9. The van der Waals surface area contributed by atoms with Crippen LogP contribution in [0.2, 0.25) is 0 Å². The van der Waals surface area contributed by atoms with Crippen molar-refractivity contribution in [2.45, 2.75) is 57.2 Å². The molecular weight excluding hydrogens is 408 g/mol. The summed E-state index contributed by atoms with van der Waals surface area (Å²) >= 11 is 1.75. The van der Waals surface area contributed by atoms with Gasteiger partial charge >= 0.3 is 6.03 Å². The zero-order valence-electron chi connectivity index (χ0n) is 17.1. The molecule has 1 aliphatic carbocycles. The Balaban J connectivity index is 1.47. The van der Waals surface area contributed by atoms with Crippen LogP contribution in [0.1, 0.15) is 43.4 Å². The summed E-state index contributed by atoms with van der Waals surface area (Å²) in [7, 11) is -3.30. The van der Waals surface area contributed by atoms with Crippen molar-refractivity contribution in [1.29, 1.82) is 0 Å². The minimum absolute atomic E-state index is 0.0192. The van der Waals surface area contributed by atoms with Gasteiger partial charge in [0.2, 0.25) is 10.0 Å². The minimum Gasteiger partial charge on any atom is -0.335 e. The number of nitrogens with one attached hydrogen (secondary N) is 2. The summed E-state index contributed by atoms with van der Waals surface area (Å²) in [5.74, 6) is 0. The molecule has 0 aromatic carbocycles. The van der Waals surface area contributed by atoms with Gasteiger partial charge in [0.25, 0.3) is 0 Å². The minimum atomic E-state index is -3.30. The van der Waals surface area contributed by atoms with E-state index in [1.807, 2.05) is 4.90 Å². The lowest BCUT2D eigenvalue weighted by molar-refractivity contribution is 0.0802. The molecule has 1 saturated carbocycles. The van der Waals surface area contributed by atoms with E-state index in [1.54, 1.807) is 11.3 Å². The van der Waals surface area contributed by atoms with Crippen LogP contribution in [0.15, 0.2) is 17.5 Å². The summed E-state index contributed by atoms with van der Waals surface area (Å²) in [6, 6.07) is 4.40. The Morgan fingerprint density at radius 3 is 2.72 bits per heavy atom. The van der Waals surface area contributed by atoms with Crippen LogP contribution in [-0.2, 0) is 16.6 Å². The smallest absolute Gasteiger partial charge is 0.317 e. The molecule has 1 spiro atoms. The molecule has 9 heteroatoms. The van der Waals surface area contributed by atoms with E-state index in [0.29, 0.717) is 25.6 Å². The van der Waals surface area contributed by atoms with Crippen molar-refractivity contribution in [2.75, 3.05) is 32.4 Å². The quantitative estimate of drug-likeness (QED) is 0.736. The molecule has 1 aromatic heterocycles. The molecular formula is C20H32N4O3S2. The second-order valence-electron chi connectivity index (χ2n) is 8.99. The van der Waals surface area contributed by atoms with Gasteiger partial charge in [0.15, 0.2) is 0 Å². The molecule has 7 nitrogen and oxygen atoms in total. The zero-order chi connectivity index (χ0) is 20.5. The predicted octanol–water partition coefficient (Wildman–Crippen LogP) is 2.22. The average Bonchev–Trinajstić information content (AvgIpc) is 3.40. The first-order chi connectivity index (χ1) is 13.8. The number of piperidine rings is 1. The van der Waals surface area contributed by atoms with Crippen LogP contribution in [0, 0.1) is 5.41 Å². The van der Waals surface area contributed by atoms with Gasteiger partial charge in [0, 0.05) is 48.6 Å². The van der Waals surface area contributed by atoms with Crippen LogP contribution in [0.25, 0.3) is 0 Å². The monoisotopic (exact) mass is 440 g/mol. The Hall–Kier alpha value is -1.16. The number of hydrogen-bond donors (Lipinski definition) is 2. The standard InChI is InChI=1S/C20H32N4O3S2/c1-29(26,27)22-18-8-10-24(19(25)21-16-5-2-3-6-16)15-20(18)9-11-23(14-20)13-17-7-4-12-28-17/h4,7,12,16,18,22H,2-3,5-6,8-11,13-15H2,1H3,(H,21,25)/t18-,20+/m1/s1. The number of hydrogen-bond acceptors (Lipinski definition) is 5. The average molecular weight is 441 g/mol. The molecule has 29 heavy (non-hydrogen) atoms. The molecule has 2 N–H and O–H groups in total. The van der Waals surface area contributed by atoms with E-state index < -0.39 is 10.0 Å². The topological polar surface area (TPSA) is 81.8 Å². The molecule has 0 radical (unpaired) electrons. The maximum absolute atomic E-state index is 12.9. The third-order valence-corrected chi connectivity index (χ3v) is 8.26. The molecule has 2 aliphatic heterocycles. The third kappa shape index (κ3) is 5.13. The van der Waals surface area contributed by atoms with Crippen molar-refractivity contribution < 1.29 is 13.2 Å². The lowest BCUT2D eigenvalue weighted by atomic mass is 9.75. The van der Waals surface area contributed by atoms with Gasteiger partial charge in [-0.2, -0.15) is 0 Å². The maximum atomic E-state index is 12.9. The predicted molar refractivity (Wildman–Crippen MR) is 115 cm³/mol. The molecule has 4 rings (SSSR count). The summed E-state index contributed by atoms with van der Waals surface area (Å²) in [6.45, 7) is 3.83. The largest absolute Gasteiger partial charge is 0.335 e. The molecule has 162 valence electrons. The SMILES string of the molecule is CS(=O)(=O)N[C@@H]1CCN(C(=O)NC2CCCC2)C[C@@]12CCN(Cc1cccs1)C2. The van der Waals surface area contributed by atoms with E-state index in [-0.39, 0.29) is 17.5 Å². The van der Waals surface area contributed by atoms with Gasteiger partial charge in [-0.3, -0.25) is 4.90 Å². The summed E-state index contributed by atoms with van der Waals surface area (Å²) in [5, 5.41) is 5.29. The van der Waals surface area contributed by atoms with E-state index in [4.69, 9.17) is 0 Å². The van der Waals surface area contributed by atoms with Gasteiger partial charge in [-0.1, -0.05) is 18.9 Å². The van der Waals surface area contributed by atoms with Crippen molar-refractivity contribution in [1.82, 2.24) is 19.8 Å². The van der Waals surface area contributed by atoms with E-state index in [9.17, 15) is 13.2 Å². The second-order valence-corrected chi connectivity index (χ2v) is 11.8. The van der Waals surface area contributed by atoms with Crippen LogP contribution in [-0.4, -0.2) is 68.8 Å². The van der Waals surface area contributed by atoms with Crippen molar-refractivity contribution in [2.24, 2.45) is 5.41 Å². The van der Waals surface area contributed by atoms with Gasteiger partial charge in [0.05, 0.1) is 6.26 Å². The van der Waals surface area contributed by atoms with Crippen LogP contribution in [0.5, 0.6) is 0 Å². The number of thiophene rings is 1. The van der Waals surface area contributed by atoms with E-state index >= 15 is 0 Å². The highest BCUT2D eigenvalue weighted by Gasteiger charge is 2.49. The number of carbonyl (C=O) groups is 1. The Morgan fingerprint density at radius 2 is 2.03 bits per heavy atom. The van der Waals surface area contributed by atoms with Crippen LogP contribution >= 0.6 is 11.3 Å². The molecule has 3 fully saturated rings. The lowest BCUT2D eigenvalue weighted by Crippen LogP contribution is -2.61. The number of carbonyl (C=O) groups excluding carboxylic acids is 1. The first kappa shape index (κ1) is 21.1. The number of urea groups is 1. The fourth-order valence-corrected chi connectivity index (χ4v) is 6.90. The van der Waals surface area contributed by atoms with Gasteiger partial charge in [-0.15, -0.1) is 11.3 Å². The van der Waals surface area contributed by atoms with Gasteiger partial charge in [-0.25, -0.2) is 17.9 Å². The summed E-state index contributed by atoms with van der Waals surface area (Å²) in [5.41, 5.74) is -0.231. The fourth-order valence-electron chi connectivity index (χ4n) is 5.27. The van der Waals surface area contributed by atoms with Crippen molar-refractivity contribution in [3.63, 3.8) is 0 Å². The first-order valence-corrected chi connectivity index (χ1v) is 13.4. The van der Waals surface area contributed by atoms with Gasteiger partial charge in [0.1, 0.15) is 0 Å².